The highest BCUT2D eigenvalue weighted by Crippen LogP contribution is 2.48. The van der Waals surface area contributed by atoms with Crippen molar-refractivity contribution in [1.29, 1.82) is 0 Å². The zero-order chi connectivity index (χ0) is 15.0. The van der Waals surface area contributed by atoms with Crippen LogP contribution in [0, 0.1) is 17.8 Å². The smallest absolute Gasteiger partial charge is 0.229 e. The summed E-state index contributed by atoms with van der Waals surface area (Å²) in [5.41, 5.74) is 0.937. The van der Waals surface area contributed by atoms with Crippen LogP contribution in [0.4, 0.5) is 11.4 Å². The maximum Gasteiger partial charge on any atom is 0.229 e. The molecule has 5 nitrogen and oxygen atoms in total. The fourth-order valence-electron chi connectivity index (χ4n) is 3.67. The summed E-state index contributed by atoms with van der Waals surface area (Å²) in [6.07, 6.45) is 5.63. The Kier molecular flexibility index (Phi) is 3.65. The number of sulfonamides is 1. The van der Waals surface area contributed by atoms with Gasteiger partial charge in [-0.1, -0.05) is 18.6 Å². The van der Waals surface area contributed by atoms with Crippen LogP contribution in [-0.2, 0) is 14.8 Å². The van der Waals surface area contributed by atoms with E-state index in [9.17, 15) is 13.2 Å². The zero-order valence-corrected chi connectivity index (χ0v) is 12.8. The third-order valence-electron chi connectivity index (χ3n) is 4.56. The average Bonchev–Trinajstić information content (AvgIpc) is 3.01. The van der Waals surface area contributed by atoms with Gasteiger partial charge in [-0.15, -0.1) is 0 Å². The second kappa shape index (κ2) is 5.33. The van der Waals surface area contributed by atoms with E-state index in [1.165, 1.54) is 12.8 Å². The van der Waals surface area contributed by atoms with Crippen LogP contribution in [0.25, 0.3) is 0 Å². The Labute approximate surface area is 125 Å². The molecule has 0 aliphatic heterocycles. The van der Waals surface area contributed by atoms with Crippen LogP contribution in [0.15, 0.2) is 24.3 Å². The summed E-state index contributed by atoms with van der Waals surface area (Å²) in [4.78, 5) is 12.4. The second-order valence-electron chi connectivity index (χ2n) is 6.19. The lowest BCUT2D eigenvalue weighted by Gasteiger charge is -2.21. The molecule has 0 unspecified atom stereocenters. The summed E-state index contributed by atoms with van der Waals surface area (Å²) in [6.45, 7) is 0. The fourth-order valence-corrected chi connectivity index (χ4v) is 4.25. The van der Waals surface area contributed by atoms with Crippen molar-refractivity contribution in [3.05, 3.63) is 24.3 Å². The Bertz CT molecular complexity index is 657. The Morgan fingerprint density at radius 2 is 1.86 bits per heavy atom. The standard InChI is InChI=1S/C15H20N2O3S/c1-21(19,20)17-14-5-3-2-4-13(14)16-15(18)12-9-10-6-7-11(12)8-10/h2-5,10-12,17H,6-9H2,1H3,(H,16,18)/t10-,11-,12+/m0/s1. The van der Waals surface area contributed by atoms with Crippen LogP contribution in [0.5, 0.6) is 0 Å². The summed E-state index contributed by atoms with van der Waals surface area (Å²) in [5, 5.41) is 2.89. The highest BCUT2D eigenvalue weighted by Gasteiger charge is 2.43. The van der Waals surface area contributed by atoms with Crippen molar-refractivity contribution in [2.24, 2.45) is 17.8 Å². The SMILES string of the molecule is CS(=O)(=O)Nc1ccccc1NC(=O)[C@@H]1C[C@H]2CC[C@H]1C2. The Morgan fingerprint density at radius 3 is 2.43 bits per heavy atom. The number of rotatable bonds is 4. The fraction of sp³-hybridized carbons (Fsp3) is 0.533. The molecule has 6 heteroatoms. The molecule has 0 saturated heterocycles. The molecule has 2 bridgehead atoms. The summed E-state index contributed by atoms with van der Waals surface area (Å²) in [5.74, 6) is 1.31. The van der Waals surface area contributed by atoms with Crippen molar-refractivity contribution >= 4 is 27.3 Å². The molecule has 21 heavy (non-hydrogen) atoms. The van der Waals surface area contributed by atoms with Crippen LogP contribution >= 0.6 is 0 Å². The predicted molar refractivity (Wildman–Crippen MR) is 82.5 cm³/mol. The van der Waals surface area contributed by atoms with Gasteiger partial charge in [0.05, 0.1) is 17.6 Å². The normalized spacial score (nSPS) is 27.6. The molecule has 3 rings (SSSR count). The predicted octanol–water partition coefficient (Wildman–Crippen LogP) is 2.43. The van der Waals surface area contributed by atoms with E-state index in [0.717, 1.165) is 19.1 Å². The van der Waals surface area contributed by atoms with Crippen LogP contribution in [-0.4, -0.2) is 20.6 Å². The van der Waals surface area contributed by atoms with Gasteiger partial charge < -0.3 is 5.32 Å². The van der Waals surface area contributed by atoms with Crippen molar-refractivity contribution in [2.45, 2.75) is 25.7 Å². The van der Waals surface area contributed by atoms with Crippen LogP contribution < -0.4 is 10.0 Å². The van der Waals surface area contributed by atoms with Gasteiger partial charge >= 0.3 is 0 Å². The topological polar surface area (TPSA) is 75.3 Å². The Hall–Kier alpha value is -1.56. The highest BCUT2D eigenvalue weighted by atomic mass is 32.2. The molecular weight excluding hydrogens is 288 g/mol. The average molecular weight is 308 g/mol. The maximum absolute atomic E-state index is 12.4. The number of anilines is 2. The first kappa shape index (κ1) is 14.4. The monoisotopic (exact) mass is 308 g/mol. The molecule has 2 aliphatic rings. The largest absolute Gasteiger partial charge is 0.324 e. The lowest BCUT2D eigenvalue weighted by Crippen LogP contribution is -2.27. The second-order valence-corrected chi connectivity index (χ2v) is 7.94. The number of nitrogens with one attached hydrogen (secondary N) is 2. The number of benzene rings is 1. The summed E-state index contributed by atoms with van der Waals surface area (Å²) in [7, 11) is -3.36. The van der Waals surface area contributed by atoms with Crippen molar-refractivity contribution in [1.82, 2.24) is 0 Å². The number of carbonyl (C=O) groups excluding carboxylic acids is 1. The number of fused-ring (bicyclic) bond motifs is 2. The molecule has 1 aromatic rings. The minimum atomic E-state index is -3.36. The van der Waals surface area contributed by atoms with Gasteiger partial charge in [-0.25, -0.2) is 8.42 Å². The summed E-state index contributed by atoms with van der Waals surface area (Å²) >= 11 is 0. The number of hydrogen-bond acceptors (Lipinski definition) is 3. The van der Waals surface area contributed by atoms with Gasteiger partial charge in [-0.2, -0.15) is 0 Å². The molecule has 1 amide bonds. The van der Waals surface area contributed by atoms with E-state index in [2.05, 4.69) is 10.0 Å². The number of carbonyl (C=O) groups is 1. The van der Waals surface area contributed by atoms with Crippen LogP contribution in [0.2, 0.25) is 0 Å². The van der Waals surface area contributed by atoms with E-state index in [1.54, 1.807) is 24.3 Å². The molecule has 0 aromatic heterocycles. The molecular formula is C15H20N2O3S. The lowest BCUT2D eigenvalue weighted by atomic mass is 9.88. The van der Waals surface area contributed by atoms with Gasteiger partial charge in [0.15, 0.2) is 0 Å². The highest BCUT2D eigenvalue weighted by molar-refractivity contribution is 7.92. The van der Waals surface area contributed by atoms with Crippen molar-refractivity contribution in [3.8, 4) is 0 Å². The molecule has 2 saturated carbocycles. The molecule has 0 spiro atoms. The van der Waals surface area contributed by atoms with Crippen molar-refractivity contribution < 1.29 is 13.2 Å². The first-order valence-corrected chi connectivity index (χ1v) is 9.19. The van der Waals surface area contributed by atoms with Crippen LogP contribution in [0.3, 0.4) is 0 Å². The van der Waals surface area contributed by atoms with E-state index in [-0.39, 0.29) is 11.8 Å². The molecule has 2 N–H and O–H groups in total. The van der Waals surface area contributed by atoms with Gasteiger partial charge in [-0.05, 0) is 43.2 Å². The third-order valence-corrected chi connectivity index (χ3v) is 5.15. The molecule has 2 aliphatic carbocycles. The third kappa shape index (κ3) is 3.20. The molecule has 2 fully saturated rings. The van der Waals surface area contributed by atoms with Crippen molar-refractivity contribution in [2.75, 3.05) is 16.3 Å². The number of amides is 1. The molecule has 0 heterocycles. The number of para-hydroxylation sites is 2. The minimum absolute atomic E-state index is 0.0185. The van der Waals surface area contributed by atoms with Gasteiger partial charge in [0.25, 0.3) is 0 Å². The lowest BCUT2D eigenvalue weighted by molar-refractivity contribution is -0.121. The van der Waals surface area contributed by atoms with Gasteiger partial charge in [0.2, 0.25) is 15.9 Å². The van der Waals surface area contributed by atoms with Gasteiger partial charge in [0, 0.05) is 5.92 Å². The first-order chi connectivity index (χ1) is 9.92. The summed E-state index contributed by atoms with van der Waals surface area (Å²) < 4.78 is 25.2. The molecule has 114 valence electrons. The molecule has 0 radical (unpaired) electrons. The van der Waals surface area contributed by atoms with Gasteiger partial charge in [0.1, 0.15) is 0 Å². The Morgan fingerprint density at radius 1 is 1.14 bits per heavy atom. The van der Waals surface area contributed by atoms with E-state index in [4.69, 9.17) is 0 Å². The number of hydrogen-bond donors (Lipinski definition) is 2. The van der Waals surface area contributed by atoms with Crippen LogP contribution in [0.1, 0.15) is 25.7 Å². The summed E-state index contributed by atoms with van der Waals surface area (Å²) in [6, 6.07) is 6.89. The van der Waals surface area contributed by atoms with E-state index >= 15 is 0 Å². The quantitative estimate of drug-likeness (QED) is 0.897. The van der Waals surface area contributed by atoms with E-state index in [0.29, 0.717) is 23.2 Å². The molecule has 1 aromatic carbocycles. The van der Waals surface area contributed by atoms with E-state index in [1.807, 2.05) is 0 Å². The van der Waals surface area contributed by atoms with Gasteiger partial charge in [-0.3, -0.25) is 9.52 Å². The molecule has 3 atom stereocenters. The zero-order valence-electron chi connectivity index (χ0n) is 12.0. The first-order valence-electron chi connectivity index (χ1n) is 7.30. The maximum atomic E-state index is 12.4. The van der Waals surface area contributed by atoms with Crippen molar-refractivity contribution in [3.63, 3.8) is 0 Å². The Balaban J connectivity index is 1.74. The minimum Gasteiger partial charge on any atom is -0.324 e. The van der Waals surface area contributed by atoms with E-state index < -0.39 is 10.0 Å².